The SMILES string of the molecule is C[C@H]1Oc2ccc(NC(=O)c3ccc(F)cc3F)cc2CN([C@@H]2CCCc3ccccc32)C1=O. The second kappa shape index (κ2) is 8.89. The molecule has 1 heterocycles. The summed E-state index contributed by atoms with van der Waals surface area (Å²) >= 11 is 0. The lowest BCUT2D eigenvalue weighted by Crippen LogP contribution is -2.41. The Kier molecular flexibility index (Phi) is 5.77. The van der Waals surface area contributed by atoms with Gasteiger partial charge in [0.25, 0.3) is 11.8 Å². The molecule has 0 unspecified atom stereocenters. The molecule has 1 aliphatic carbocycles. The number of aryl methyl sites for hydroxylation is 1. The van der Waals surface area contributed by atoms with Crippen molar-refractivity contribution in [3.05, 3.63) is 94.6 Å². The first-order chi connectivity index (χ1) is 16.4. The van der Waals surface area contributed by atoms with Gasteiger partial charge in [-0.3, -0.25) is 9.59 Å². The predicted octanol–water partition coefficient (Wildman–Crippen LogP) is 5.40. The normalized spacial score (nSPS) is 19.5. The van der Waals surface area contributed by atoms with Crippen molar-refractivity contribution in [1.82, 2.24) is 4.90 Å². The average Bonchev–Trinajstić information content (AvgIpc) is 2.94. The van der Waals surface area contributed by atoms with Gasteiger partial charge in [-0.05, 0) is 67.6 Å². The van der Waals surface area contributed by atoms with Crippen molar-refractivity contribution in [2.45, 2.75) is 44.9 Å². The van der Waals surface area contributed by atoms with E-state index in [9.17, 15) is 18.4 Å². The molecular weight excluding hydrogens is 438 g/mol. The van der Waals surface area contributed by atoms with Gasteiger partial charge < -0.3 is 15.0 Å². The fourth-order valence-corrected chi connectivity index (χ4v) is 4.82. The number of fused-ring (bicyclic) bond motifs is 2. The van der Waals surface area contributed by atoms with E-state index in [1.165, 1.54) is 5.56 Å². The van der Waals surface area contributed by atoms with Crippen LogP contribution < -0.4 is 10.1 Å². The van der Waals surface area contributed by atoms with E-state index in [0.717, 1.165) is 42.5 Å². The van der Waals surface area contributed by atoms with Crippen LogP contribution in [0.15, 0.2) is 60.7 Å². The summed E-state index contributed by atoms with van der Waals surface area (Å²) < 4.78 is 33.2. The molecule has 7 heteroatoms. The van der Waals surface area contributed by atoms with Crippen LogP contribution in [0.2, 0.25) is 0 Å². The van der Waals surface area contributed by atoms with Gasteiger partial charge in [0.2, 0.25) is 0 Å². The number of ether oxygens (including phenoxy) is 1. The minimum absolute atomic E-state index is 0.0546. The molecule has 0 radical (unpaired) electrons. The standard InChI is InChI=1S/C27H24F2N2O3/c1-16-27(33)31(24-8-4-6-17-5-2-3-7-21(17)24)15-18-13-20(10-12-25(18)34-16)30-26(32)22-11-9-19(28)14-23(22)29/h2-3,5,7,9-14,16,24H,4,6,8,15H2,1H3,(H,30,32)/t16-,24-/m1/s1. The number of nitrogens with zero attached hydrogens (tertiary/aromatic N) is 1. The zero-order chi connectivity index (χ0) is 23.8. The lowest BCUT2D eigenvalue weighted by atomic mass is 9.86. The maximum Gasteiger partial charge on any atom is 0.264 e. The molecule has 5 rings (SSSR count). The van der Waals surface area contributed by atoms with Crippen molar-refractivity contribution in [3.8, 4) is 5.75 Å². The number of hydrogen-bond acceptors (Lipinski definition) is 3. The number of carbonyl (C=O) groups is 2. The van der Waals surface area contributed by atoms with Gasteiger partial charge in [-0.1, -0.05) is 24.3 Å². The fraction of sp³-hybridized carbons (Fsp3) is 0.259. The van der Waals surface area contributed by atoms with Crippen molar-refractivity contribution in [3.63, 3.8) is 0 Å². The highest BCUT2D eigenvalue weighted by Crippen LogP contribution is 2.38. The van der Waals surface area contributed by atoms with Crippen LogP contribution >= 0.6 is 0 Å². The number of amides is 2. The molecule has 34 heavy (non-hydrogen) atoms. The number of anilines is 1. The number of nitrogens with one attached hydrogen (secondary N) is 1. The number of halogens is 2. The minimum Gasteiger partial charge on any atom is -0.481 e. The predicted molar refractivity (Wildman–Crippen MR) is 124 cm³/mol. The second-order valence-electron chi connectivity index (χ2n) is 8.73. The molecule has 0 saturated heterocycles. The highest BCUT2D eigenvalue weighted by Gasteiger charge is 2.35. The quantitative estimate of drug-likeness (QED) is 0.567. The Morgan fingerprint density at radius 3 is 2.71 bits per heavy atom. The highest BCUT2D eigenvalue weighted by molar-refractivity contribution is 6.04. The summed E-state index contributed by atoms with van der Waals surface area (Å²) in [5.41, 5.74) is 3.35. The van der Waals surface area contributed by atoms with Crippen LogP contribution in [-0.2, 0) is 17.8 Å². The minimum atomic E-state index is -0.933. The Morgan fingerprint density at radius 1 is 1.06 bits per heavy atom. The summed E-state index contributed by atoms with van der Waals surface area (Å²) in [6.07, 6.45) is 2.20. The van der Waals surface area contributed by atoms with E-state index in [1.54, 1.807) is 25.1 Å². The molecular formula is C27H24F2N2O3. The van der Waals surface area contributed by atoms with Gasteiger partial charge >= 0.3 is 0 Å². The number of rotatable bonds is 3. The smallest absolute Gasteiger partial charge is 0.264 e. The number of hydrogen-bond donors (Lipinski definition) is 1. The Labute approximate surface area is 196 Å². The van der Waals surface area contributed by atoms with Crippen molar-refractivity contribution in [2.75, 3.05) is 5.32 Å². The van der Waals surface area contributed by atoms with Crippen molar-refractivity contribution < 1.29 is 23.1 Å². The maximum atomic E-state index is 14.0. The Balaban J connectivity index is 1.44. The third-order valence-electron chi connectivity index (χ3n) is 6.48. The topological polar surface area (TPSA) is 58.6 Å². The summed E-state index contributed by atoms with van der Waals surface area (Å²) in [5.74, 6) is -1.89. The van der Waals surface area contributed by atoms with Crippen LogP contribution in [0.25, 0.3) is 0 Å². The van der Waals surface area contributed by atoms with Gasteiger partial charge in [-0.2, -0.15) is 0 Å². The molecule has 3 aromatic rings. The van der Waals surface area contributed by atoms with Crippen molar-refractivity contribution >= 4 is 17.5 Å². The molecule has 0 fully saturated rings. The zero-order valence-corrected chi connectivity index (χ0v) is 18.7. The van der Waals surface area contributed by atoms with E-state index >= 15 is 0 Å². The van der Waals surface area contributed by atoms with Gasteiger partial charge in [-0.25, -0.2) is 8.78 Å². The first-order valence-corrected chi connectivity index (χ1v) is 11.3. The van der Waals surface area contributed by atoms with Gasteiger partial charge in [0.05, 0.1) is 18.2 Å². The van der Waals surface area contributed by atoms with Crippen molar-refractivity contribution in [1.29, 1.82) is 0 Å². The van der Waals surface area contributed by atoms with E-state index in [-0.39, 0.29) is 17.5 Å². The Bertz CT molecular complexity index is 1280. The van der Waals surface area contributed by atoms with Crippen LogP contribution in [0.4, 0.5) is 14.5 Å². The molecule has 174 valence electrons. The van der Waals surface area contributed by atoms with Crippen LogP contribution in [0, 0.1) is 11.6 Å². The second-order valence-corrected chi connectivity index (χ2v) is 8.73. The highest BCUT2D eigenvalue weighted by atomic mass is 19.1. The summed E-state index contributed by atoms with van der Waals surface area (Å²) in [5, 5.41) is 2.66. The summed E-state index contributed by atoms with van der Waals surface area (Å²) in [6, 6.07) is 16.0. The van der Waals surface area contributed by atoms with E-state index in [2.05, 4.69) is 17.4 Å². The van der Waals surface area contributed by atoms with Gasteiger partial charge in [-0.15, -0.1) is 0 Å². The molecule has 1 aliphatic heterocycles. The van der Waals surface area contributed by atoms with Crippen molar-refractivity contribution in [2.24, 2.45) is 0 Å². The maximum absolute atomic E-state index is 14.0. The van der Waals surface area contributed by atoms with Gasteiger partial charge in [0.15, 0.2) is 6.10 Å². The van der Waals surface area contributed by atoms with E-state index in [0.29, 0.717) is 24.0 Å². The fourth-order valence-electron chi connectivity index (χ4n) is 4.82. The lowest BCUT2D eigenvalue weighted by Gasteiger charge is -2.35. The molecule has 3 aromatic carbocycles. The summed E-state index contributed by atoms with van der Waals surface area (Å²) in [7, 11) is 0. The third kappa shape index (κ3) is 4.14. The van der Waals surface area contributed by atoms with Crippen LogP contribution in [0.5, 0.6) is 5.75 Å². The molecule has 0 spiro atoms. The summed E-state index contributed by atoms with van der Waals surface area (Å²) in [6.45, 7) is 2.07. The van der Waals surface area contributed by atoms with Crippen LogP contribution in [-0.4, -0.2) is 22.8 Å². The average molecular weight is 462 g/mol. The Morgan fingerprint density at radius 2 is 1.88 bits per heavy atom. The zero-order valence-electron chi connectivity index (χ0n) is 18.7. The van der Waals surface area contributed by atoms with Crippen LogP contribution in [0.3, 0.4) is 0 Å². The molecule has 2 aliphatic rings. The van der Waals surface area contributed by atoms with E-state index in [1.807, 2.05) is 17.0 Å². The molecule has 0 bridgehead atoms. The first kappa shape index (κ1) is 22.1. The molecule has 0 saturated carbocycles. The Hall–Kier alpha value is -3.74. The molecule has 2 amide bonds. The van der Waals surface area contributed by atoms with Gasteiger partial charge in [0.1, 0.15) is 17.4 Å². The number of carbonyl (C=O) groups excluding carboxylic acids is 2. The largest absolute Gasteiger partial charge is 0.481 e. The number of benzene rings is 3. The van der Waals surface area contributed by atoms with E-state index in [4.69, 9.17) is 4.74 Å². The molecule has 2 atom stereocenters. The molecule has 0 aromatic heterocycles. The molecule has 5 nitrogen and oxygen atoms in total. The monoisotopic (exact) mass is 462 g/mol. The van der Waals surface area contributed by atoms with Crippen LogP contribution in [0.1, 0.15) is 52.9 Å². The first-order valence-electron chi connectivity index (χ1n) is 11.3. The third-order valence-corrected chi connectivity index (χ3v) is 6.48. The van der Waals surface area contributed by atoms with Gasteiger partial charge in [0, 0.05) is 17.3 Å². The molecule has 1 N–H and O–H groups in total. The van der Waals surface area contributed by atoms with E-state index < -0.39 is 23.6 Å². The lowest BCUT2D eigenvalue weighted by molar-refractivity contribution is -0.140. The summed E-state index contributed by atoms with van der Waals surface area (Å²) in [4.78, 5) is 27.7.